The van der Waals surface area contributed by atoms with Gasteiger partial charge in [0.1, 0.15) is 0 Å². The summed E-state index contributed by atoms with van der Waals surface area (Å²) in [7, 11) is 0. The first kappa shape index (κ1) is 9.02. The smallest absolute Gasteiger partial charge is 0.296 e. The first-order valence-corrected chi connectivity index (χ1v) is 4.38. The van der Waals surface area contributed by atoms with Crippen molar-refractivity contribution in [2.24, 2.45) is 0 Å². The van der Waals surface area contributed by atoms with Crippen molar-refractivity contribution in [1.82, 2.24) is 10.1 Å². The van der Waals surface area contributed by atoms with Crippen molar-refractivity contribution >= 4 is 11.6 Å². The molecule has 2 aromatic rings. The lowest BCUT2D eigenvalue weighted by Crippen LogP contribution is -1.95. The summed E-state index contributed by atoms with van der Waals surface area (Å²) in [6.45, 7) is 1.85. The number of rotatable bonds is 1. The van der Waals surface area contributed by atoms with Crippen molar-refractivity contribution in [2.45, 2.75) is 6.92 Å². The summed E-state index contributed by atoms with van der Waals surface area (Å²) in [5.41, 5.74) is 1.63. The molecule has 0 unspecified atom stereocenters. The third kappa shape index (κ3) is 1.44. The van der Waals surface area contributed by atoms with E-state index >= 15 is 0 Å². The van der Waals surface area contributed by atoms with Crippen LogP contribution in [-0.4, -0.2) is 10.1 Å². The highest BCUT2D eigenvalue weighted by molar-refractivity contribution is 6.31. The summed E-state index contributed by atoms with van der Waals surface area (Å²) in [6.07, 6.45) is 0. The van der Waals surface area contributed by atoms with Gasteiger partial charge < -0.3 is 0 Å². The van der Waals surface area contributed by atoms with Gasteiger partial charge in [0.15, 0.2) is 5.82 Å². The van der Waals surface area contributed by atoms with Gasteiger partial charge >= 0.3 is 5.76 Å². The highest BCUT2D eigenvalue weighted by Gasteiger charge is 2.08. The zero-order valence-electron chi connectivity index (χ0n) is 7.37. The number of benzene rings is 1. The monoisotopic (exact) mass is 210 g/mol. The molecular formula is C9H7ClN2O2. The summed E-state index contributed by atoms with van der Waals surface area (Å²) in [5.74, 6) is -0.172. The van der Waals surface area contributed by atoms with Gasteiger partial charge in [-0.1, -0.05) is 28.9 Å². The summed E-state index contributed by atoms with van der Waals surface area (Å²) in [4.78, 5) is 13.2. The molecule has 5 heteroatoms. The van der Waals surface area contributed by atoms with Crippen LogP contribution in [0.15, 0.2) is 27.5 Å². The Morgan fingerprint density at radius 3 is 2.93 bits per heavy atom. The molecule has 4 nitrogen and oxygen atoms in total. The Morgan fingerprint density at radius 1 is 1.50 bits per heavy atom. The van der Waals surface area contributed by atoms with Crippen molar-refractivity contribution < 1.29 is 4.52 Å². The fraction of sp³-hybridized carbons (Fsp3) is 0.111. The Bertz CT molecular complexity index is 516. The molecule has 2 rings (SSSR count). The van der Waals surface area contributed by atoms with Gasteiger partial charge in [-0.3, -0.25) is 9.51 Å². The van der Waals surface area contributed by atoms with Crippen molar-refractivity contribution in [3.63, 3.8) is 0 Å². The highest BCUT2D eigenvalue weighted by Crippen LogP contribution is 2.24. The molecule has 0 radical (unpaired) electrons. The largest absolute Gasteiger partial charge is 0.439 e. The molecule has 0 aliphatic heterocycles. The SMILES string of the molecule is Cc1c(Cl)cccc1-c1noc(=O)[nH]1. The Balaban J connectivity index is 2.62. The number of nitrogens with one attached hydrogen (secondary N) is 1. The molecule has 0 saturated carbocycles. The Labute approximate surface area is 84.5 Å². The van der Waals surface area contributed by atoms with Crippen LogP contribution < -0.4 is 5.76 Å². The predicted molar refractivity (Wildman–Crippen MR) is 52.3 cm³/mol. The number of nitrogens with zero attached hydrogens (tertiary/aromatic N) is 1. The molecule has 1 heterocycles. The molecule has 1 aromatic heterocycles. The molecule has 1 aromatic carbocycles. The van der Waals surface area contributed by atoms with Gasteiger partial charge in [-0.05, 0) is 18.6 Å². The Morgan fingerprint density at radius 2 is 2.29 bits per heavy atom. The zero-order chi connectivity index (χ0) is 10.1. The second-order valence-electron chi connectivity index (χ2n) is 2.86. The maximum atomic E-state index is 10.7. The lowest BCUT2D eigenvalue weighted by molar-refractivity contribution is 0.388. The van der Waals surface area contributed by atoms with Crippen LogP contribution in [0.5, 0.6) is 0 Å². The minimum absolute atomic E-state index is 0.398. The van der Waals surface area contributed by atoms with Crippen molar-refractivity contribution in [3.8, 4) is 11.4 Å². The fourth-order valence-electron chi connectivity index (χ4n) is 1.21. The topological polar surface area (TPSA) is 58.9 Å². The van der Waals surface area contributed by atoms with E-state index in [4.69, 9.17) is 11.6 Å². The van der Waals surface area contributed by atoms with Gasteiger partial charge in [0.2, 0.25) is 0 Å². The molecule has 0 fully saturated rings. The lowest BCUT2D eigenvalue weighted by Gasteiger charge is -2.01. The van der Waals surface area contributed by atoms with Crippen LogP contribution >= 0.6 is 11.6 Å². The zero-order valence-corrected chi connectivity index (χ0v) is 8.13. The number of hydrogen-bond donors (Lipinski definition) is 1. The number of halogens is 1. The van der Waals surface area contributed by atoms with Crippen LogP contribution in [0.1, 0.15) is 5.56 Å². The molecule has 0 aliphatic carbocycles. The van der Waals surface area contributed by atoms with Crippen LogP contribution in [0.25, 0.3) is 11.4 Å². The Kier molecular flexibility index (Phi) is 2.13. The quantitative estimate of drug-likeness (QED) is 0.783. The van der Waals surface area contributed by atoms with E-state index in [0.29, 0.717) is 10.8 Å². The van der Waals surface area contributed by atoms with Crippen LogP contribution in [0.3, 0.4) is 0 Å². The van der Waals surface area contributed by atoms with Crippen LogP contribution in [0.2, 0.25) is 5.02 Å². The number of aromatic amines is 1. The first-order valence-electron chi connectivity index (χ1n) is 4.00. The van der Waals surface area contributed by atoms with Crippen molar-refractivity contribution in [1.29, 1.82) is 0 Å². The molecule has 1 N–H and O–H groups in total. The van der Waals surface area contributed by atoms with Gasteiger partial charge in [-0.2, -0.15) is 0 Å². The molecule has 0 bridgehead atoms. The number of aromatic nitrogens is 2. The lowest BCUT2D eigenvalue weighted by atomic mass is 10.1. The van der Waals surface area contributed by atoms with E-state index in [1.54, 1.807) is 12.1 Å². The average Bonchev–Trinajstić information content (AvgIpc) is 2.57. The maximum absolute atomic E-state index is 10.7. The first-order chi connectivity index (χ1) is 6.68. The standard InChI is InChI=1S/C9H7ClN2O2/c1-5-6(3-2-4-7(5)10)8-11-9(13)14-12-8/h2-4H,1H3,(H,11,12,13). The van der Waals surface area contributed by atoms with Gasteiger partial charge in [0.25, 0.3) is 0 Å². The predicted octanol–water partition coefficient (Wildman–Crippen LogP) is 1.99. The normalized spacial score (nSPS) is 10.4. The van der Waals surface area contributed by atoms with E-state index < -0.39 is 5.76 Å². The molecule has 0 saturated heterocycles. The highest BCUT2D eigenvalue weighted by atomic mass is 35.5. The van der Waals surface area contributed by atoms with Crippen LogP contribution in [0, 0.1) is 6.92 Å². The van der Waals surface area contributed by atoms with E-state index in [-0.39, 0.29) is 0 Å². The second-order valence-corrected chi connectivity index (χ2v) is 3.26. The van der Waals surface area contributed by atoms with Gasteiger partial charge in [-0.25, -0.2) is 4.79 Å². The van der Waals surface area contributed by atoms with E-state index in [1.807, 2.05) is 13.0 Å². The summed E-state index contributed by atoms with van der Waals surface area (Å²) in [6, 6.07) is 5.38. The minimum Gasteiger partial charge on any atom is -0.296 e. The van der Waals surface area contributed by atoms with E-state index in [1.165, 1.54) is 0 Å². The maximum Gasteiger partial charge on any atom is 0.439 e. The molecule has 0 spiro atoms. The van der Waals surface area contributed by atoms with Crippen molar-refractivity contribution in [2.75, 3.05) is 0 Å². The van der Waals surface area contributed by atoms with Crippen LogP contribution in [0.4, 0.5) is 0 Å². The molecular weight excluding hydrogens is 204 g/mol. The molecule has 0 amide bonds. The van der Waals surface area contributed by atoms with Gasteiger partial charge in [0, 0.05) is 10.6 Å². The minimum atomic E-state index is -0.570. The van der Waals surface area contributed by atoms with Crippen molar-refractivity contribution in [3.05, 3.63) is 39.3 Å². The van der Waals surface area contributed by atoms with E-state index in [2.05, 4.69) is 14.7 Å². The third-order valence-corrected chi connectivity index (χ3v) is 2.37. The summed E-state index contributed by atoms with van der Waals surface area (Å²) < 4.78 is 4.41. The Hall–Kier alpha value is -1.55. The average molecular weight is 211 g/mol. The number of H-pyrrole nitrogens is 1. The van der Waals surface area contributed by atoms with Gasteiger partial charge in [0.05, 0.1) is 0 Å². The number of hydrogen-bond acceptors (Lipinski definition) is 3. The molecule has 0 aliphatic rings. The third-order valence-electron chi connectivity index (χ3n) is 1.96. The van der Waals surface area contributed by atoms with E-state index in [9.17, 15) is 4.79 Å². The molecule has 14 heavy (non-hydrogen) atoms. The summed E-state index contributed by atoms with van der Waals surface area (Å²) >= 11 is 5.92. The fourth-order valence-corrected chi connectivity index (χ4v) is 1.38. The summed E-state index contributed by atoms with van der Waals surface area (Å²) in [5, 5.41) is 4.22. The van der Waals surface area contributed by atoms with Crippen LogP contribution in [-0.2, 0) is 0 Å². The molecule has 0 atom stereocenters. The molecule has 72 valence electrons. The second kappa shape index (κ2) is 3.31. The van der Waals surface area contributed by atoms with E-state index in [0.717, 1.165) is 11.1 Å². The van der Waals surface area contributed by atoms with Gasteiger partial charge in [-0.15, -0.1) is 0 Å².